The molecule has 0 spiro atoms. The molecule has 2 heterocycles. The van der Waals surface area contributed by atoms with Crippen molar-refractivity contribution < 1.29 is 9.59 Å². The van der Waals surface area contributed by atoms with Gasteiger partial charge in [-0.2, -0.15) is 0 Å². The van der Waals surface area contributed by atoms with E-state index in [1.54, 1.807) is 11.3 Å². The number of fused-ring (bicyclic) bond motifs is 5. The van der Waals surface area contributed by atoms with Gasteiger partial charge in [-0.25, -0.2) is 9.98 Å². The van der Waals surface area contributed by atoms with Gasteiger partial charge in [0.15, 0.2) is 5.96 Å². The summed E-state index contributed by atoms with van der Waals surface area (Å²) < 4.78 is 0. The van der Waals surface area contributed by atoms with Crippen molar-refractivity contribution in [3.63, 3.8) is 0 Å². The number of hydrogen-bond acceptors (Lipinski definition) is 5. The number of aryl methyl sites for hydroxylation is 1. The fourth-order valence-corrected chi connectivity index (χ4v) is 5.32. The van der Waals surface area contributed by atoms with Crippen LogP contribution in [0.5, 0.6) is 0 Å². The van der Waals surface area contributed by atoms with Crippen LogP contribution in [0.2, 0.25) is 0 Å². The van der Waals surface area contributed by atoms with E-state index in [1.807, 2.05) is 20.0 Å². The number of thiazole rings is 1. The third kappa shape index (κ3) is 3.57. The topological polar surface area (TPSA) is 86.7 Å². The van der Waals surface area contributed by atoms with Crippen molar-refractivity contribution in [2.75, 3.05) is 19.6 Å². The molecule has 3 aliphatic rings. The Bertz CT molecular complexity index is 787. The predicted octanol–water partition coefficient (Wildman–Crippen LogP) is 1.70. The summed E-state index contributed by atoms with van der Waals surface area (Å²) in [6, 6.07) is 0. The Balaban J connectivity index is 1.26. The molecule has 8 heteroatoms. The second-order valence-corrected chi connectivity index (χ2v) is 8.97. The van der Waals surface area contributed by atoms with Gasteiger partial charge in [0.25, 0.3) is 0 Å². The molecule has 150 valence electrons. The highest BCUT2D eigenvalue weighted by Gasteiger charge is 2.58. The third-order valence-corrected chi connectivity index (χ3v) is 6.72. The van der Waals surface area contributed by atoms with Crippen LogP contribution in [0.1, 0.15) is 29.7 Å². The van der Waals surface area contributed by atoms with E-state index >= 15 is 0 Å². The summed E-state index contributed by atoms with van der Waals surface area (Å²) >= 11 is 1.65. The molecule has 4 rings (SSSR count). The van der Waals surface area contributed by atoms with E-state index in [4.69, 9.17) is 0 Å². The molecule has 1 aromatic heterocycles. The molecular formula is C20H27N5O2S. The maximum absolute atomic E-state index is 12.7. The lowest BCUT2D eigenvalue weighted by Gasteiger charge is -2.18. The number of rotatable bonds is 7. The molecule has 0 radical (unpaired) electrons. The molecule has 7 nitrogen and oxygen atoms in total. The standard InChI is InChI=1S/C20H27N5O2S/c1-3-21-20(24-11-15-10-23-12(2)28-15)22-7-4-8-25-18(26)16-13-5-6-14(9-13)17(16)19(25)27/h5-6,10,13-14,16-17H,3-4,7-9,11H2,1-2H3,(H2,21,22,24). The summed E-state index contributed by atoms with van der Waals surface area (Å²) in [5, 5.41) is 7.56. The number of guanidine groups is 1. The molecule has 1 aliphatic heterocycles. The Morgan fingerprint density at radius 2 is 1.96 bits per heavy atom. The lowest BCUT2D eigenvalue weighted by atomic mass is 9.85. The number of imide groups is 1. The molecule has 2 fully saturated rings. The van der Waals surface area contributed by atoms with E-state index in [-0.39, 0.29) is 35.5 Å². The smallest absolute Gasteiger partial charge is 0.233 e. The Morgan fingerprint density at radius 1 is 1.25 bits per heavy atom. The van der Waals surface area contributed by atoms with Crippen LogP contribution < -0.4 is 10.6 Å². The molecule has 4 atom stereocenters. The van der Waals surface area contributed by atoms with Gasteiger partial charge in [-0.1, -0.05) is 12.2 Å². The predicted molar refractivity (Wildman–Crippen MR) is 109 cm³/mol. The summed E-state index contributed by atoms with van der Waals surface area (Å²) in [4.78, 5) is 36.8. The van der Waals surface area contributed by atoms with Crippen LogP contribution >= 0.6 is 11.3 Å². The van der Waals surface area contributed by atoms with Gasteiger partial charge in [-0.3, -0.25) is 14.5 Å². The minimum Gasteiger partial charge on any atom is -0.357 e. The molecule has 1 saturated heterocycles. The quantitative estimate of drug-likeness (QED) is 0.239. The molecule has 2 aliphatic carbocycles. The number of hydrogen-bond donors (Lipinski definition) is 2. The molecule has 2 bridgehead atoms. The van der Waals surface area contributed by atoms with E-state index in [1.165, 1.54) is 4.90 Å². The zero-order chi connectivity index (χ0) is 19.7. The summed E-state index contributed by atoms with van der Waals surface area (Å²) in [6.07, 6.45) is 7.81. The molecule has 2 amide bonds. The molecular weight excluding hydrogens is 374 g/mol. The van der Waals surface area contributed by atoms with Crippen molar-refractivity contribution >= 4 is 29.1 Å². The number of amides is 2. The largest absolute Gasteiger partial charge is 0.357 e. The lowest BCUT2D eigenvalue weighted by molar-refractivity contribution is -0.140. The monoisotopic (exact) mass is 401 g/mol. The SMILES string of the molecule is CCNC(=NCc1cnc(C)s1)NCCCN1C(=O)C2C3C=CC(C3)C2C1=O. The number of carbonyl (C=O) groups excluding carboxylic acids is 2. The second-order valence-electron chi connectivity index (χ2n) is 7.65. The number of nitrogens with zero attached hydrogens (tertiary/aromatic N) is 3. The van der Waals surface area contributed by atoms with Crippen molar-refractivity contribution in [3.05, 3.63) is 28.2 Å². The molecule has 4 unspecified atom stereocenters. The number of aliphatic imine (C=N–C) groups is 1. The van der Waals surface area contributed by atoms with Gasteiger partial charge in [-0.15, -0.1) is 11.3 Å². The van der Waals surface area contributed by atoms with E-state index in [0.717, 1.165) is 28.8 Å². The molecule has 2 N–H and O–H groups in total. The molecule has 0 aromatic carbocycles. The minimum atomic E-state index is -0.0998. The Hall–Kier alpha value is -2.22. The summed E-state index contributed by atoms with van der Waals surface area (Å²) in [5.41, 5.74) is 0. The Kier molecular flexibility index (Phi) is 5.48. The van der Waals surface area contributed by atoms with Crippen molar-refractivity contribution in [1.29, 1.82) is 0 Å². The average molecular weight is 402 g/mol. The highest BCUT2D eigenvalue weighted by molar-refractivity contribution is 7.11. The van der Waals surface area contributed by atoms with Crippen molar-refractivity contribution in [2.45, 2.75) is 33.2 Å². The summed E-state index contributed by atoms with van der Waals surface area (Å²) in [7, 11) is 0. The van der Waals surface area contributed by atoms with E-state index in [0.29, 0.717) is 26.1 Å². The number of carbonyl (C=O) groups is 2. The highest BCUT2D eigenvalue weighted by Crippen LogP contribution is 2.52. The zero-order valence-electron chi connectivity index (χ0n) is 16.4. The molecule has 1 saturated carbocycles. The van der Waals surface area contributed by atoms with Crippen molar-refractivity contribution in [2.24, 2.45) is 28.7 Å². The Morgan fingerprint density at radius 3 is 2.57 bits per heavy atom. The van der Waals surface area contributed by atoms with Crippen LogP contribution in [0.15, 0.2) is 23.3 Å². The van der Waals surface area contributed by atoms with Gasteiger partial charge < -0.3 is 10.6 Å². The number of allylic oxidation sites excluding steroid dienone is 2. The van der Waals surface area contributed by atoms with E-state index in [2.05, 4.69) is 32.8 Å². The average Bonchev–Trinajstić information content (AvgIpc) is 3.43. The fraction of sp³-hybridized carbons (Fsp3) is 0.600. The first kappa shape index (κ1) is 19.1. The number of aromatic nitrogens is 1. The van der Waals surface area contributed by atoms with Gasteiger partial charge in [0, 0.05) is 30.7 Å². The minimum absolute atomic E-state index is 0.0352. The van der Waals surface area contributed by atoms with Crippen molar-refractivity contribution in [3.8, 4) is 0 Å². The van der Waals surface area contributed by atoms with Crippen LogP contribution in [0.25, 0.3) is 0 Å². The highest BCUT2D eigenvalue weighted by atomic mass is 32.1. The second kappa shape index (κ2) is 8.03. The van der Waals surface area contributed by atoms with Crippen LogP contribution in [-0.4, -0.2) is 47.3 Å². The van der Waals surface area contributed by atoms with Crippen LogP contribution in [0, 0.1) is 30.6 Å². The van der Waals surface area contributed by atoms with Gasteiger partial charge >= 0.3 is 0 Å². The number of likely N-dealkylation sites (tertiary alicyclic amines) is 1. The van der Waals surface area contributed by atoms with Gasteiger partial charge in [0.1, 0.15) is 0 Å². The summed E-state index contributed by atoms with van der Waals surface area (Å²) in [6.45, 7) is 6.50. The first-order valence-corrected chi connectivity index (χ1v) is 10.9. The normalized spacial score (nSPS) is 28.4. The van der Waals surface area contributed by atoms with Gasteiger partial charge in [-0.05, 0) is 38.5 Å². The first-order valence-electron chi connectivity index (χ1n) is 10.1. The van der Waals surface area contributed by atoms with Crippen LogP contribution in [-0.2, 0) is 16.1 Å². The molecule has 1 aromatic rings. The third-order valence-electron chi connectivity index (χ3n) is 5.82. The van der Waals surface area contributed by atoms with Gasteiger partial charge in [0.2, 0.25) is 11.8 Å². The maximum Gasteiger partial charge on any atom is 0.233 e. The summed E-state index contributed by atoms with van der Waals surface area (Å²) in [5.74, 6) is 1.16. The van der Waals surface area contributed by atoms with E-state index in [9.17, 15) is 9.59 Å². The number of nitrogens with one attached hydrogen (secondary N) is 2. The zero-order valence-corrected chi connectivity index (χ0v) is 17.2. The van der Waals surface area contributed by atoms with Gasteiger partial charge in [0.05, 0.1) is 23.4 Å². The molecule has 28 heavy (non-hydrogen) atoms. The fourth-order valence-electron chi connectivity index (χ4n) is 4.61. The first-order chi connectivity index (χ1) is 13.6. The van der Waals surface area contributed by atoms with E-state index < -0.39 is 0 Å². The van der Waals surface area contributed by atoms with Crippen LogP contribution in [0.3, 0.4) is 0 Å². The van der Waals surface area contributed by atoms with Crippen LogP contribution in [0.4, 0.5) is 0 Å². The Labute approximate surface area is 169 Å². The van der Waals surface area contributed by atoms with Crippen molar-refractivity contribution in [1.82, 2.24) is 20.5 Å². The lowest BCUT2D eigenvalue weighted by Crippen LogP contribution is -2.40. The maximum atomic E-state index is 12.7.